The summed E-state index contributed by atoms with van der Waals surface area (Å²) in [6.07, 6.45) is 16.4. The standard InChI is InChI=1S/C20H36/c1-5-6-7-8-9-10-11-12-13-14-15-16-17-18-20(4)19(2)3/h19H,4-16H2,1-3H3. The minimum absolute atomic E-state index is 0.500. The van der Waals surface area contributed by atoms with Gasteiger partial charge in [-0.25, -0.2) is 0 Å². The average Bonchev–Trinajstić information content (AvgIpc) is 2.43. The lowest BCUT2D eigenvalue weighted by atomic mass is 10.0. The van der Waals surface area contributed by atoms with Crippen molar-refractivity contribution in [2.75, 3.05) is 0 Å². The van der Waals surface area contributed by atoms with Crippen LogP contribution in [0.15, 0.2) is 12.2 Å². The highest BCUT2D eigenvalue weighted by Gasteiger charge is 1.94. The zero-order chi connectivity index (χ0) is 15.1. The maximum atomic E-state index is 3.97. The van der Waals surface area contributed by atoms with Gasteiger partial charge in [0.25, 0.3) is 0 Å². The summed E-state index contributed by atoms with van der Waals surface area (Å²) in [7, 11) is 0. The van der Waals surface area contributed by atoms with E-state index in [4.69, 9.17) is 0 Å². The summed E-state index contributed by atoms with van der Waals surface area (Å²) >= 11 is 0. The van der Waals surface area contributed by atoms with Crippen LogP contribution >= 0.6 is 0 Å². The first kappa shape index (κ1) is 19.3. The molecule has 0 saturated carbocycles. The monoisotopic (exact) mass is 276 g/mol. The Kier molecular flexibility index (Phi) is 14.2. The van der Waals surface area contributed by atoms with Crippen molar-refractivity contribution in [1.82, 2.24) is 0 Å². The molecule has 0 saturated heterocycles. The quantitative estimate of drug-likeness (QED) is 0.268. The van der Waals surface area contributed by atoms with E-state index in [1.54, 1.807) is 0 Å². The molecule has 0 unspecified atom stereocenters. The van der Waals surface area contributed by atoms with Crippen LogP contribution in [0.5, 0.6) is 0 Å². The first-order valence-electron chi connectivity index (χ1n) is 8.86. The molecule has 0 rings (SSSR count). The van der Waals surface area contributed by atoms with E-state index in [-0.39, 0.29) is 0 Å². The molecule has 0 aromatic rings. The van der Waals surface area contributed by atoms with Gasteiger partial charge in [0.1, 0.15) is 0 Å². The number of hydrogen-bond donors (Lipinski definition) is 0. The Labute approximate surface area is 128 Å². The van der Waals surface area contributed by atoms with Crippen LogP contribution in [-0.2, 0) is 0 Å². The summed E-state index contributed by atoms with van der Waals surface area (Å²) < 4.78 is 0. The Morgan fingerprint density at radius 3 is 1.70 bits per heavy atom. The molecular formula is C20H36. The lowest BCUT2D eigenvalue weighted by Crippen LogP contribution is -1.87. The van der Waals surface area contributed by atoms with Gasteiger partial charge in [-0.2, -0.15) is 0 Å². The number of rotatable bonds is 12. The van der Waals surface area contributed by atoms with Gasteiger partial charge in [0.15, 0.2) is 0 Å². The van der Waals surface area contributed by atoms with E-state index in [9.17, 15) is 0 Å². The van der Waals surface area contributed by atoms with E-state index >= 15 is 0 Å². The van der Waals surface area contributed by atoms with Gasteiger partial charge in [0.2, 0.25) is 0 Å². The number of hydrogen-bond acceptors (Lipinski definition) is 0. The third-order valence-electron chi connectivity index (χ3n) is 3.85. The molecule has 116 valence electrons. The third-order valence-corrected chi connectivity index (χ3v) is 3.85. The van der Waals surface area contributed by atoms with E-state index in [1.807, 2.05) is 0 Å². The summed E-state index contributed by atoms with van der Waals surface area (Å²) in [5.74, 6) is 6.92. The fourth-order valence-corrected chi connectivity index (χ4v) is 2.20. The van der Waals surface area contributed by atoms with Gasteiger partial charge >= 0.3 is 0 Å². The normalized spacial score (nSPS) is 10.4. The Morgan fingerprint density at radius 1 is 0.800 bits per heavy atom. The average molecular weight is 277 g/mol. The van der Waals surface area contributed by atoms with Crippen molar-refractivity contribution < 1.29 is 0 Å². The number of allylic oxidation sites excluding steroid dienone is 1. The first-order valence-corrected chi connectivity index (χ1v) is 8.86. The molecule has 0 N–H and O–H groups in total. The molecular weight excluding hydrogens is 240 g/mol. The largest absolute Gasteiger partial charge is 0.0982 e. The Balaban J connectivity index is 3.19. The summed E-state index contributed by atoms with van der Waals surface area (Å²) in [6, 6.07) is 0. The topological polar surface area (TPSA) is 0 Å². The second kappa shape index (κ2) is 14.7. The van der Waals surface area contributed by atoms with Gasteiger partial charge in [-0.15, -0.1) is 0 Å². The summed E-state index contributed by atoms with van der Waals surface area (Å²) in [5, 5.41) is 0. The molecule has 0 radical (unpaired) electrons. The molecule has 0 aromatic heterocycles. The summed E-state index contributed by atoms with van der Waals surface area (Å²) in [5.41, 5.74) is 1.08. The molecule has 20 heavy (non-hydrogen) atoms. The van der Waals surface area contributed by atoms with Crippen molar-refractivity contribution in [2.24, 2.45) is 5.92 Å². The Bertz CT molecular complexity index is 274. The minimum atomic E-state index is 0.500. The second-order valence-electron chi connectivity index (χ2n) is 6.27. The van der Waals surface area contributed by atoms with Crippen molar-refractivity contribution in [1.29, 1.82) is 0 Å². The van der Waals surface area contributed by atoms with Gasteiger partial charge in [-0.05, 0) is 17.9 Å². The van der Waals surface area contributed by atoms with E-state index in [0.717, 1.165) is 12.0 Å². The highest BCUT2D eigenvalue weighted by molar-refractivity contribution is 5.26. The highest BCUT2D eigenvalue weighted by atomic mass is 14.0. The van der Waals surface area contributed by atoms with Crippen LogP contribution in [0.4, 0.5) is 0 Å². The SMILES string of the molecule is C=C(C#CCCCCCCCCCCCCC)C(C)C. The van der Waals surface area contributed by atoms with Crippen LogP contribution in [0.25, 0.3) is 0 Å². The third kappa shape index (κ3) is 13.7. The van der Waals surface area contributed by atoms with Crippen molar-refractivity contribution in [3.05, 3.63) is 12.2 Å². The van der Waals surface area contributed by atoms with Crippen molar-refractivity contribution >= 4 is 0 Å². The summed E-state index contributed by atoms with van der Waals surface area (Å²) in [6.45, 7) is 10.6. The predicted molar refractivity (Wildman–Crippen MR) is 92.8 cm³/mol. The predicted octanol–water partition coefficient (Wildman–Crippen LogP) is 6.90. The highest BCUT2D eigenvalue weighted by Crippen LogP contribution is 2.11. The molecule has 0 aliphatic rings. The second-order valence-corrected chi connectivity index (χ2v) is 6.27. The molecule has 0 spiro atoms. The maximum absolute atomic E-state index is 3.97. The van der Waals surface area contributed by atoms with E-state index < -0.39 is 0 Å². The molecule has 0 fully saturated rings. The van der Waals surface area contributed by atoms with Crippen molar-refractivity contribution in [2.45, 2.75) is 97.8 Å². The minimum Gasteiger partial charge on any atom is -0.0982 e. The molecule has 0 amide bonds. The van der Waals surface area contributed by atoms with Gasteiger partial charge in [0.05, 0.1) is 0 Å². The van der Waals surface area contributed by atoms with Crippen LogP contribution in [0.3, 0.4) is 0 Å². The van der Waals surface area contributed by atoms with Crippen LogP contribution < -0.4 is 0 Å². The lowest BCUT2D eigenvalue weighted by molar-refractivity contribution is 0.551. The van der Waals surface area contributed by atoms with E-state index in [1.165, 1.54) is 70.6 Å². The van der Waals surface area contributed by atoms with Gasteiger partial charge < -0.3 is 0 Å². The first-order chi connectivity index (χ1) is 9.68. The number of unbranched alkanes of at least 4 members (excludes halogenated alkanes) is 11. The van der Waals surface area contributed by atoms with E-state index in [2.05, 4.69) is 39.2 Å². The molecule has 0 heteroatoms. The van der Waals surface area contributed by atoms with Crippen LogP contribution in [0.1, 0.15) is 97.8 Å². The maximum Gasteiger partial charge on any atom is 0.00923 e. The molecule has 0 nitrogen and oxygen atoms in total. The van der Waals surface area contributed by atoms with E-state index in [0.29, 0.717) is 5.92 Å². The van der Waals surface area contributed by atoms with Crippen molar-refractivity contribution in [3.63, 3.8) is 0 Å². The lowest BCUT2D eigenvalue weighted by Gasteiger charge is -2.01. The molecule has 0 heterocycles. The smallest absolute Gasteiger partial charge is 0.00923 e. The Morgan fingerprint density at radius 2 is 1.25 bits per heavy atom. The molecule has 0 bridgehead atoms. The fraction of sp³-hybridized carbons (Fsp3) is 0.800. The zero-order valence-electron chi connectivity index (χ0n) is 14.3. The molecule has 0 aliphatic heterocycles. The van der Waals surface area contributed by atoms with Crippen LogP contribution in [0.2, 0.25) is 0 Å². The van der Waals surface area contributed by atoms with Gasteiger partial charge in [-0.3, -0.25) is 0 Å². The van der Waals surface area contributed by atoms with Crippen LogP contribution in [-0.4, -0.2) is 0 Å². The van der Waals surface area contributed by atoms with Gasteiger partial charge in [0, 0.05) is 6.42 Å². The molecule has 0 aliphatic carbocycles. The van der Waals surface area contributed by atoms with Gasteiger partial charge in [-0.1, -0.05) is 103 Å². The molecule has 0 aromatic carbocycles. The zero-order valence-corrected chi connectivity index (χ0v) is 14.3. The molecule has 0 atom stereocenters. The Hall–Kier alpha value is -0.700. The summed E-state index contributed by atoms with van der Waals surface area (Å²) in [4.78, 5) is 0. The fourth-order valence-electron chi connectivity index (χ4n) is 2.20. The van der Waals surface area contributed by atoms with Crippen molar-refractivity contribution in [3.8, 4) is 11.8 Å². The van der Waals surface area contributed by atoms with Crippen LogP contribution in [0, 0.1) is 17.8 Å².